The van der Waals surface area contributed by atoms with Crippen LogP contribution in [0.3, 0.4) is 0 Å². The highest BCUT2D eigenvalue weighted by atomic mass is 16.6. The second kappa shape index (κ2) is 16.2. The Kier molecular flexibility index (Phi) is 14.2. The van der Waals surface area contributed by atoms with E-state index in [0.29, 0.717) is 19.3 Å². The number of hydrogen-bond acceptors (Lipinski definition) is 6. The number of carbonyl (C=O) groups is 3. The van der Waals surface area contributed by atoms with Gasteiger partial charge in [0.1, 0.15) is 25.4 Å². The number of amides is 1. The van der Waals surface area contributed by atoms with Gasteiger partial charge in [-0.15, -0.1) is 0 Å². The van der Waals surface area contributed by atoms with Gasteiger partial charge in [0, 0.05) is 12.8 Å². The van der Waals surface area contributed by atoms with E-state index in [2.05, 4.69) is 12.2 Å². The zero-order valence-electron chi connectivity index (χ0n) is 18.0. The van der Waals surface area contributed by atoms with E-state index in [-0.39, 0.29) is 25.1 Å². The van der Waals surface area contributed by atoms with Crippen molar-refractivity contribution < 1.29 is 29.0 Å². The van der Waals surface area contributed by atoms with E-state index in [4.69, 9.17) is 9.47 Å². The Morgan fingerprint density at radius 3 is 2.07 bits per heavy atom. The van der Waals surface area contributed by atoms with Crippen molar-refractivity contribution >= 4 is 17.8 Å². The Labute approximate surface area is 174 Å². The molecule has 0 aromatic rings. The lowest BCUT2D eigenvalue weighted by Gasteiger charge is -2.14. The maximum atomic E-state index is 11.7. The SMILES string of the molecule is CCCCCCCCCCCCCC(=O)OCC(O)COC(=O)[C@H]1CCC(=O)N1. The van der Waals surface area contributed by atoms with E-state index in [1.54, 1.807) is 0 Å². The molecule has 0 radical (unpaired) electrons. The van der Waals surface area contributed by atoms with Crippen LogP contribution in [0, 0.1) is 0 Å². The number of nitrogens with one attached hydrogen (secondary N) is 1. The monoisotopic (exact) mass is 413 g/mol. The Hall–Kier alpha value is -1.63. The quantitative estimate of drug-likeness (QED) is 0.280. The average molecular weight is 414 g/mol. The minimum absolute atomic E-state index is 0.177. The summed E-state index contributed by atoms with van der Waals surface area (Å²) in [5.74, 6) is -1.08. The van der Waals surface area contributed by atoms with Gasteiger partial charge in [-0.25, -0.2) is 4.79 Å². The highest BCUT2D eigenvalue weighted by Gasteiger charge is 2.28. The Balaban J connectivity index is 1.90. The third kappa shape index (κ3) is 13.3. The fourth-order valence-electron chi connectivity index (χ4n) is 3.31. The summed E-state index contributed by atoms with van der Waals surface area (Å²) >= 11 is 0. The van der Waals surface area contributed by atoms with Gasteiger partial charge in [-0.3, -0.25) is 9.59 Å². The van der Waals surface area contributed by atoms with Crippen LogP contribution in [0.5, 0.6) is 0 Å². The molecule has 0 aromatic heterocycles. The lowest BCUT2D eigenvalue weighted by molar-refractivity contribution is -0.154. The minimum atomic E-state index is -1.06. The number of rotatable bonds is 17. The molecule has 7 heteroatoms. The first-order valence-electron chi connectivity index (χ1n) is 11.3. The smallest absolute Gasteiger partial charge is 0.328 e. The second-order valence-electron chi connectivity index (χ2n) is 7.91. The molecule has 168 valence electrons. The molecule has 1 fully saturated rings. The minimum Gasteiger partial charge on any atom is -0.463 e. The number of aliphatic hydroxyl groups is 1. The van der Waals surface area contributed by atoms with Gasteiger partial charge in [0.2, 0.25) is 5.91 Å². The fourth-order valence-corrected chi connectivity index (χ4v) is 3.31. The van der Waals surface area contributed by atoms with Crippen LogP contribution in [0.15, 0.2) is 0 Å². The van der Waals surface area contributed by atoms with Crippen LogP contribution in [0.4, 0.5) is 0 Å². The molecule has 29 heavy (non-hydrogen) atoms. The first kappa shape index (κ1) is 25.4. The number of carbonyl (C=O) groups excluding carboxylic acids is 3. The standard InChI is InChI=1S/C22H39NO6/c1-2-3-4-5-6-7-8-9-10-11-12-13-21(26)28-16-18(24)17-29-22(27)19-14-15-20(25)23-19/h18-19,24H,2-17H2,1H3,(H,23,25)/t18?,19-/m1/s1. The molecule has 1 heterocycles. The van der Waals surface area contributed by atoms with Gasteiger partial charge in [0.05, 0.1) is 0 Å². The lowest BCUT2D eigenvalue weighted by Crippen LogP contribution is -2.36. The summed E-state index contributed by atoms with van der Waals surface area (Å²) in [6, 6.07) is -0.640. The number of unbranched alkanes of at least 4 members (excludes halogenated alkanes) is 10. The molecular formula is C22H39NO6. The van der Waals surface area contributed by atoms with Crippen molar-refractivity contribution in [3.05, 3.63) is 0 Å². The van der Waals surface area contributed by atoms with E-state index < -0.39 is 18.1 Å². The van der Waals surface area contributed by atoms with Crippen molar-refractivity contribution in [1.82, 2.24) is 5.32 Å². The summed E-state index contributed by atoms with van der Waals surface area (Å²) in [7, 11) is 0. The van der Waals surface area contributed by atoms with Crippen molar-refractivity contribution in [2.24, 2.45) is 0 Å². The first-order valence-corrected chi connectivity index (χ1v) is 11.3. The van der Waals surface area contributed by atoms with Crippen molar-refractivity contribution in [3.8, 4) is 0 Å². The second-order valence-corrected chi connectivity index (χ2v) is 7.91. The summed E-state index contributed by atoms with van der Waals surface area (Å²) in [6.07, 6.45) is 13.4. The lowest BCUT2D eigenvalue weighted by atomic mass is 10.1. The third-order valence-corrected chi connectivity index (χ3v) is 5.12. The van der Waals surface area contributed by atoms with E-state index in [1.165, 1.54) is 51.4 Å². The molecule has 1 amide bonds. The van der Waals surface area contributed by atoms with Gasteiger partial charge >= 0.3 is 11.9 Å². The van der Waals surface area contributed by atoms with E-state index in [0.717, 1.165) is 19.3 Å². The van der Waals surface area contributed by atoms with E-state index in [9.17, 15) is 19.5 Å². The maximum absolute atomic E-state index is 11.7. The predicted molar refractivity (Wildman–Crippen MR) is 110 cm³/mol. The molecule has 1 saturated heterocycles. The molecule has 1 aliphatic heterocycles. The Morgan fingerprint density at radius 2 is 1.52 bits per heavy atom. The first-order chi connectivity index (χ1) is 14.0. The largest absolute Gasteiger partial charge is 0.463 e. The topological polar surface area (TPSA) is 102 Å². The molecule has 0 aromatic carbocycles. The molecule has 0 aliphatic carbocycles. The van der Waals surface area contributed by atoms with Gasteiger partial charge < -0.3 is 19.9 Å². The summed E-state index contributed by atoms with van der Waals surface area (Å²) < 4.78 is 9.97. The normalized spacial score (nSPS) is 17.0. The molecule has 1 aliphatic rings. The molecular weight excluding hydrogens is 374 g/mol. The summed E-state index contributed by atoms with van der Waals surface area (Å²) in [4.78, 5) is 34.5. The van der Waals surface area contributed by atoms with Gasteiger partial charge in [-0.2, -0.15) is 0 Å². The molecule has 0 spiro atoms. The number of esters is 2. The van der Waals surface area contributed by atoms with Crippen LogP contribution in [-0.2, 0) is 23.9 Å². The van der Waals surface area contributed by atoms with Crippen molar-refractivity contribution in [2.45, 2.75) is 109 Å². The van der Waals surface area contributed by atoms with Crippen LogP contribution in [0.1, 0.15) is 96.8 Å². The van der Waals surface area contributed by atoms with Crippen LogP contribution < -0.4 is 5.32 Å². The van der Waals surface area contributed by atoms with Gasteiger partial charge in [-0.05, 0) is 12.8 Å². The Bertz CT molecular complexity index is 482. The number of hydrogen-bond donors (Lipinski definition) is 2. The summed E-state index contributed by atoms with van der Waals surface area (Å²) in [6.45, 7) is 1.79. The zero-order chi connectivity index (χ0) is 21.3. The molecule has 2 N–H and O–H groups in total. The fraction of sp³-hybridized carbons (Fsp3) is 0.864. The molecule has 2 atom stereocenters. The predicted octanol–water partition coefficient (Wildman–Crippen LogP) is 3.41. The summed E-state index contributed by atoms with van der Waals surface area (Å²) in [5, 5.41) is 12.3. The molecule has 1 unspecified atom stereocenters. The van der Waals surface area contributed by atoms with Crippen LogP contribution in [-0.4, -0.2) is 48.3 Å². The maximum Gasteiger partial charge on any atom is 0.328 e. The Morgan fingerprint density at radius 1 is 0.966 bits per heavy atom. The summed E-state index contributed by atoms with van der Waals surface area (Å²) in [5.41, 5.74) is 0. The molecule has 1 rings (SSSR count). The van der Waals surface area contributed by atoms with Crippen molar-refractivity contribution in [2.75, 3.05) is 13.2 Å². The van der Waals surface area contributed by atoms with Crippen molar-refractivity contribution in [1.29, 1.82) is 0 Å². The zero-order valence-corrected chi connectivity index (χ0v) is 18.0. The van der Waals surface area contributed by atoms with Gasteiger partial charge in [0.25, 0.3) is 0 Å². The highest BCUT2D eigenvalue weighted by Crippen LogP contribution is 2.12. The number of aliphatic hydroxyl groups excluding tert-OH is 1. The van der Waals surface area contributed by atoms with E-state index >= 15 is 0 Å². The molecule has 7 nitrogen and oxygen atoms in total. The van der Waals surface area contributed by atoms with Crippen molar-refractivity contribution in [3.63, 3.8) is 0 Å². The average Bonchev–Trinajstić information content (AvgIpc) is 3.15. The molecule has 0 bridgehead atoms. The third-order valence-electron chi connectivity index (χ3n) is 5.12. The van der Waals surface area contributed by atoms with Gasteiger partial charge in [0.15, 0.2) is 0 Å². The van der Waals surface area contributed by atoms with Crippen LogP contribution in [0.2, 0.25) is 0 Å². The van der Waals surface area contributed by atoms with Gasteiger partial charge in [-0.1, -0.05) is 71.1 Å². The van der Waals surface area contributed by atoms with Crippen LogP contribution in [0.25, 0.3) is 0 Å². The number of ether oxygens (including phenoxy) is 2. The van der Waals surface area contributed by atoms with E-state index in [1.807, 2.05) is 0 Å². The highest BCUT2D eigenvalue weighted by molar-refractivity contribution is 5.88. The molecule has 0 saturated carbocycles. The van der Waals surface area contributed by atoms with Crippen LogP contribution >= 0.6 is 0 Å².